The highest BCUT2D eigenvalue weighted by atomic mass is 19.1. The first-order valence-electron chi connectivity index (χ1n) is 9.04. The number of nitrogens with zero attached hydrogens (tertiary/aromatic N) is 1. The van der Waals surface area contributed by atoms with E-state index in [1.807, 2.05) is 4.90 Å². The Bertz CT molecular complexity index is 620. The van der Waals surface area contributed by atoms with E-state index in [9.17, 15) is 19.1 Å². The van der Waals surface area contributed by atoms with Crippen molar-refractivity contribution >= 4 is 11.9 Å². The van der Waals surface area contributed by atoms with Gasteiger partial charge in [0.1, 0.15) is 11.9 Å². The summed E-state index contributed by atoms with van der Waals surface area (Å²) < 4.78 is 12.9. The van der Waals surface area contributed by atoms with Crippen LogP contribution >= 0.6 is 0 Å². The Hall–Kier alpha value is -1.95. The molecule has 3 rings (SSSR count). The second kappa shape index (κ2) is 7.95. The van der Waals surface area contributed by atoms with E-state index in [4.69, 9.17) is 0 Å². The third-order valence-corrected chi connectivity index (χ3v) is 5.48. The van der Waals surface area contributed by atoms with Crippen LogP contribution in [0.5, 0.6) is 0 Å². The van der Waals surface area contributed by atoms with Gasteiger partial charge in [0.05, 0.1) is 6.54 Å². The molecule has 0 radical (unpaired) electrons. The second-order valence-corrected chi connectivity index (χ2v) is 7.10. The molecule has 1 amide bonds. The van der Waals surface area contributed by atoms with Gasteiger partial charge in [0.2, 0.25) is 5.91 Å². The van der Waals surface area contributed by atoms with E-state index in [1.54, 1.807) is 12.1 Å². The molecule has 3 atom stereocenters. The molecule has 1 aromatic carbocycles. The summed E-state index contributed by atoms with van der Waals surface area (Å²) in [5.41, 5.74) is 0.957. The Kier molecular flexibility index (Phi) is 5.68. The van der Waals surface area contributed by atoms with E-state index in [0.717, 1.165) is 31.2 Å². The maximum absolute atomic E-state index is 12.9. The largest absolute Gasteiger partial charge is 0.480 e. The minimum atomic E-state index is -0.825. The maximum atomic E-state index is 12.9. The third kappa shape index (κ3) is 4.37. The van der Waals surface area contributed by atoms with Gasteiger partial charge >= 0.3 is 5.97 Å². The molecule has 0 aromatic heterocycles. The number of nitrogens with one attached hydrogen (secondary N) is 1. The maximum Gasteiger partial charge on any atom is 0.320 e. The molecular formula is C19H25FN2O3. The zero-order valence-corrected chi connectivity index (χ0v) is 14.3. The van der Waals surface area contributed by atoms with E-state index in [-0.39, 0.29) is 24.3 Å². The van der Waals surface area contributed by atoms with Crippen LogP contribution in [0, 0.1) is 11.7 Å². The number of aliphatic carboxylic acids is 1. The average Bonchev–Trinajstić information content (AvgIpc) is 2.96. The Morgan fingerprint density at radius 3 is 2.64 bits per heavy atom. The number of rotatable bonds is 6. The molecule has 136 valence electrons. The molecule has 1 aliphatic carbocycles. The van der Waals surface area contributed by atoms with E-state index in [2.05, 4.69) is 5.32 Å². The van der Waals surface area contributed by atoms with Crippen molar-refractivity contribution in [1.82, 2.24) is 10.2 Å². The first-order valence-corrected chi connectivity index (χ1v) is 9.04. The number of benzene rings is 1. The molecule has 2 N–H and O–H groups in total. The molecule has 5 nitrogen and oxygen atoms in total. The van der Waals surface area contributed by atoms with Crippen molar-refractivity contribution in [2.24, 2.45) is 5.92 Å². The van der Waals surface area contributed by atoms with Gasteiger partial charge in [-0.25, -0.2) is 4.39 Å². The Morgan fingerprint density at radius 1 is 1.20 bits per heavy atom. The molecule has 1 heterocycles. The molecule has 0 unspecified atom stereocenters. The average molecular weight is 348 g/mol. The quantitative estimate of drug-likeness (QED) is 0.827. The van der Waals surface area contributed by atoms with Crippen LogP contribution in [-0.2, 0) is 16.0 Å². The molecule has 1 saturated heterocycles. The SMILES string of the molecule is O=C(CN1[C@H](C(=O)O)C[C@H]2CCCC[C@@H]21)NCCc1ccc(F)cc1. The second-order valence-electron chi connectivity index (χ2n) is 7.10. The zero-order valence-electron chi connectivity index (χ0n) is 14.3. The smallest absolute Gasteiger partial charge is 0.320 e. The normalized spacial score (nSPS) is 26.2. The fourth-order valence-electron chi connectivity index (χ4n) is 4.24. The molecule has 2 fully saturated rings. The first-order chi connectivity index (χ1) is 12.0. The molecule has 6 heteroatoms. The van der Waals surface area contributed by atoms with Gasteiger partial charge in [-0.2, -0.15) is 0 Å². The predicted octanol–water partition coefficient (Wildman–Crippen LogP) is 2.20. The number of carboxylic acid groups (broad SMARTS) is 1. The lowest BCUT2D eigenvalue weighted by molar-refractivity contribution is -0.143. The molecule has 2 aliphatic rings. The van der Waals surface area contributed by atoms with Crippen molar-refractivity contribution in [2.75, 3.05) is 13.1 Å². The van der Waals surface area contributed by atoms with Crippen molar-refractivity contribution in [2.45, 2.75) is 50.6 Å². The van der Waals surface area contributed by atoms with Crippen LogP contribution in [-0.4, -0.2) is 47.1 Å². The van der Waals surface area contributed by atoms with Crippen molar-refractivity contribution in [3.63, 3.8) is 0 Å². The third-order valence-electron chi connectivity index (χ3n) is 5.48. The predicted molar refractivity (Wildman–Crippen MR) is 91.6 cm³/mol. The van der Waals surface area contributed by atoms with Crippen molar-refractivity contribution in [3.05, 3.63) is 35.6 Å². The minimum absolute atomic E-state index is 0.139. The fourth-order valence-corrected chi connectivity index (χ4v) is 4.24. The topological polar surface area (TPSA) is 69.6 Å². The van der Waals surface area contributed by atoms with E-state index < -0.39 is 12.0 Å². The summed E-state index contributed by atoms with van der Waals surface area (Å²) in [6, 6.07) is 5.89. The summed E-state index contributed by atoms with van der Waals surface area (Å²) >= 11 is 0. The number of fused-ring (bicyclic) bond motifs is 1. The highest BCUT2D eigenvalue weighted by Gasteiger charge is 2.45. The van der Waals surface area contributed by atoms with Crippen LogP contribution in [0.15, 0.2) is 24.3 Å². The fraction of sp³-hybridized carbons (Fsp3) is 0.579. The Balaban J connectivity index is 1.51. The standard InChI is InChI=1S/C19H25FN2O3/c20-15-7-5-13(6-8-15)9-10-21-18(23)12-22-16-4-2-1-3-14(16)11-17(22)19(24)25/h5-8,14,16-17H,1-4,9-12H2,(H,21,23)(H,24,25)/t14-,16+,17+/m1/s1. The summed E-state index contributed by atoms with van der Waals surface area (Å²) in [7, 11) is 0. The van der Waals surface area contributed by atoms with Gasteiger partial charge in [0, 0.05) is 12.6 Å². The van der Waals surface area contributed by atoms with Gasteiger partial charge in [-0.1, -0.05) is 25.0 Å². The van der Waals surface area contributed by atoms with E-state index >= 15 is 0 Å². The summed E-state index contributed by atoms with van der Waals surface area (Å²) in [4.78, 5) is 25.7. The lowest BCUT2D eigenvalue weighted by atomic mass is 9.85. The van der Waals surface area contributed by atoms with Gasteiger partial charge in [-0.3, -0.25) is 14.5 Å². The van der Waals surface area contributed by atoms with Crippen LogP contribution < -0.4 is 5.32 Å². The van der Waals surface area contributed by atoms with Gasteiger partial charge in [0.25, 0.3) is 0 Å². The van der Waals surface area contributed by atoms with E-state index in [1.165, 1.54) is 12.1 Å². The number of hydrogen-bond acceptors (Lipinski definition) is 3. The van der Waals surface area contributed by atoms with Crippen LogP contribution in [0.2, 0.25) is 0 Å². The number of carbonyl (C=O) groups excluding carboxylic acids is 1. The van der Waals surface area contributed by atoms with Crippen LogP contribution in [0.25, 0.3) is 0 Å². The zero-order chi connectivity index (χ0) is 17.8. The number of halogens is 1. The van der Waals surface area contributed by atoms with Gasteiger partial charge < -0.3 is 10.4 Å². The van der Waals surface area contributed by atoms with Crippen LogP contribution in [0.1, 0.15) is 37.7 Å². The molecule has 1 aromatic rings. The lowest BCUT2D eigenvalue weighted by Gasteiger charge is -2.32. The van der Waals surface area contributed by atoms with Gasteiger partial charge in [-0.15, -0.1) is 0 Å². The number of carbonyl (C=O) groups is 2. The number of likely N-dealkylation sites (tertiary alicyclic amines) is 1. The Morgan fingerprint density at radius 2 is 1.92 bits per heavy atom. The lowest BCUT2D eigenvalue weighted by Crippen LogP contribution is -2.47. The number of hydrogen-bond donors (Lipinski definition) is 2. The van der Waals surface area contributed by atoms with Crippen LogP contribution in [0.3, 0.4) is 0 Å². The molecule has 25 heavy (non-hydrogen) atoms. The number of carboxylic acids is 1. The summed E-state index contributed by atoms with van der Waals surface area (Å²) in [5, 5.41) is 12.3. The van der Waals surface area contributed by atoms with Crippen molar-refractivity contribution in [1.29, 1.82) is 0 Å². The highest BCUT2D eigenvalue weighted by Crippen LogP contribution is 2.39. The van der Waals surface area contributed by atoms with Crippen LogP contribution in [0.4, 0.5) is 4.39 Å². The minimum Gasteiger partial charge on any atom is -0.480 e. The van der Waals surface area contributed by atoms with E-state index in [0.29, 0.717) is 25.3 Å². The highest BCUT2D eigenvalue weighted by molar-refractivity contribution is 5.80. The van der Waals surface area contributed by atoms with Gasteiger partial charge in [-0.05, 0) is 49.3 Å². The monoisotopic (exact) mass is 348 g/mol. The molecule has 1 saturated carbocycles. The molecular weight excluding hydrogens is 323 g/mol. The summed E-state index contributed by atoms with van der Waals surface area (Å²) in [6.45, 7) is 0.603. The van der Waals surface area contributed by atoms with Gasteiger partial charge in [0.15, 0.2) is 0 Å². The van der Waals surface area contributed by atoms with Crippen molar-refractivity contribution < 1.29 is 19.1 Å². The molecule has 1 aliphatic heterocycles. The summed E-state index contributed by atoms with van der Waals surface area (Å²) in [5.74, 6) is -0.835. The summed E-state index contributed by atoms with van der Waals surface area (Å²) in [6.07, 6.45) is 5.60. The molecule has 0 spiro atoms. The number of amides is 1. The van der Waals surface area contributed by atoms with Crippen molar-refractivity contribution in [3.8, 4) is 0 Å². The first kappa shape index (κ1) is 17.9. The molecule has 0 bridgehead atoms. The Labute approximate surface area is 147 Å².